The van der Waals surface area contributed by atoms with Crippen LogP contribution in [0.15, 0.2) is 41.3 Å². The van der Waals surface area contributed by atoms with Crippen molar-refractivity contribution in [1.29, 1.82) is 0 Å². The Morgan fingerprint density at radius 3 is 2.42 bits per heavy atom. The highest BCUT2D eigenvalue weighted by molar-refractivity contribution is 7.89. The molecular formula is C23H28N2O7S. The first-order chi connectivity index (χ1) is 15.8. The molecule has 2 aromatic rings. The summed E-state index contributed by atoms with van der Waals surface area (Å²) in [5, 5.41) is 2.98. The summed E-state index contributed by atoms with van der Waals surface area (Å²) in [6, 6.07) is 10.1. The van der Waals surface area contributed by atoms with Crippen LogP contribution in [-0.2, 0) is 21.4 Å². The Bertz CT molecular complexity index is 1140. The van der Waals surface area contributed by atoms with Crippen molar-refractivity contribution in [1.82, 2.24) is 9.62 Å². The molecule has 2 aliphatic heterocycles. The molecule has 0 saturated carbocycles. The van der Waals surface area contributed by atoms with Crippen molar-refractivity contribution in [2.45, 2.75) is 31.2 Å². The first-order valence-corrected chi connectivity index (χ1v) is 12.1. The first-order valence-electron chi connectivity index (χ1n) is 10.7. The molecule has 1 N–H and O–H groups in total. The van der Waals surface area contributed by atoms with Gasteiger partial charge in [0.15, 0.2) is 23.0 Å². The van der Waals surface area contributed by atoms with Crippen LogP contribution in [0.25, 0.3) is 0 Å². The number of carbonyl (C=O) groups excluding carboxylic acids is 1. The zero-order valence-corrected chi connectivity index (χ0v) is 19.7. The summed E-state index contributed by atoms with van der Waals surface area (Å²) in [5.74, 6) is 2.08. The highest BCUT2D eigenvalue weighted by Crippen LogP contribution is 2.36. The van der Waals surface area contributed by atoms with Gasteiger partial charge in [-0.15, -0.1) is 0 Å². The molecule has 2 heterocycles. The molecule has 0 atom stereocenters. The van der Waals surface area contributed by atoms with E-state index < -0.39 is 15.4 Å². The fraction of sp³-hybridized carbons (Fsp3) is 0.435. The summed E-state index contributed by atoms with van der Waals surface area (Å²) >= 11 is 0. The number of sulfonamides is 1. The zero-order chi connectivity index (χ0) is 23.6. The van der Waals surface area contributed by atoms with E-state index in [2.05, 4.69) is 5.32 Å². The molecule has 0 aliphatic carbocycles. The summed E-state index contributed by atoms with van der Waals surface area (Å²) < 4.78 is 48.8. The predicted molar refractivity (Wildman–Crippen MR) is 120 cm³/mol. The van der Waals surface area contributed by atoms with Gasteiger partial charge in [0.05, 0.1) is 19.1 Å². The van der Waals surface area contributed by atoms with Crippen LogP contribution in [-0.4, -0.2) is 52.7 Å². The Morgan fingerprint density at radius 2 is 1.73 bits per heavy atom. The summed E-state index contributed by atoms with van der Waals surface area (Å²) in [4.78, 5) is 13.1. The second-order valence-electron chi connectivity index (χ2n) is 8.35. The molecule has 178 valence electrons. The molecule has 0 bridgehead atoms. The molecule has 2 aromatic carbocycles. The molecule has 33 heavy (non-hydrogen) atoms. The number of nitrogens with one attached hydrogen (secondary N) is 1. The highest BCUT2D eigenvalue weighted by atomic mass is 32.2. The molecule has 0 spiro atoms. The van der Waals surface area contributed by atoms with Crippen LogP contribution in [0.1, 0.15) is 25.3 Å². The van der Waals surface area contributed by atoms with E-state index in [1.54, 1.807) is 6.07 Å². The van der Waals surface area contributed by atoms with Gasteiger partial charge >= 0.3 is 0 Å². The normalized spacial score (nSPS) is 17.4. The largest absolute Gasteiger partial charge is 0.493 e. The molecule has 1 saturated heterocycles. The van der Waals surface area contributed by atoms with Crippen LogP contribution in [0.5, 0.6) is 23.0 Å². The molecule has 0 radical (unpaired) electrons. The second kappa shape index (κ2) is 9.11. The number of amides is 1. The third kappa shape index (κ3) is 4.58. The van der Waals surface area contributed by atoms with Gasteiger partial charge in [-0.05, 0) is 42.7 Å². The minimum atomic E-state index is -3.72. The summed E-state index contributed by atoms with van der Waals surface area (Å²) in [5.41, 5.74) is 0.254. The van der Waals surface area contributed by atoms with Gasteiger partial charge in [-0.3, -0.25) is 4.79 Å². The minimum absolute atomic E-state index is 0.0941. The van der Waals surface area contributed by atoms with Gasteiger partial charge in [0, 0.05) is 31.1 Å². The van der Waals surface area contributed by atoms with Crippen LogP contribution in [0, 0.1) is 5.41 Å². The van der Waals surface area contributed by atoms with Crippen molar-refractivity contribution < 1.29 is 32.2 Å². The monoisotopic (exact) mass is 476 g/mol. The number of carbonyl (C=O) groups is 1. The molecule has 0 unspecified atom stereocenters. The predicted octanol–water partition coefficient (Wildman–Crippen LogP) is 2.54. The number of ether oxygens (including phenoxy) is 4. The van der Waals surface area contributed by atoms with Gasteiger partial charge in [-0.2, -0.15) is 4.31 Å². The van der Waals surface area contributed by atoms with Crippen LogP contribution in [0.3, 0.4) is 0 Å². The zero-order valence-electron chi connectivity index (χ0n) is 18.9. The summed E-state index contributed by atoms with van der Waals surface area (Å²) in [6.07, 6.45) is 0.846. The summed E-state index contributed by atoms with van der Waals surface area (Å²) in [6.45, 7) is 2.95. The Balaban J connectivity index is 1.38. The maximum Gasteiger partial charge on any atom is 0.243 e. The van der Waals surface area contributed by atoms with E-state index in [1.807, 2.05) is 25.1 Å². The van der Waals surface area contributed by atoms with Crippen molar-refractivity contribution in [2.75, 3.05) is 34.1 Å². The first kappa shape index (κ1) is 23.2. The lowest BCUT2D eigenvalue weighted by Crippen LogP contribution is -2.48. The molecule has 4 rings (SSSR count). The second-order valence-corrected chi connectivity index (χ2v) is 10.3. The third-order valence-corrected chi connectivity index (χ3v) is 8.15. The number of hydrogen-bond donors (Lipinski definition) is 1. The smallest absolute Gasteiger partial charge is 0.243 e. The van der Waals surface area contributed by atoms with Crippen LogP contribution < -0.4 is 24.3 Å². The fourth-order valence-corrected chi connectivity index (χ4v) is 5.48. The topological polar surface area (TPSA) is 103 Å². The van der Waals surface area contributed by atoms with Crippen LogP contribution in [0.4, 0.5) is 0 Å². The molecule has 1 amide bonds. The lowest BCUT2D eigenvalue weighted by molar-refractivity contribution is -0.132. The standard InChI is InChI=1S/C23H28N2O7S/c1-23(22(26)24-14-16-4-6-19-21(12-16)32-15-31-19)8-10-25(11-9-23)33(27,28)17-5-7-18(29-2)20(13-17)30-3/h4-7,12-13H,8-11,14-15H2,1-3H3,(H,24,26). The molecule has 10 heteroatoms. The van der Waals surface area contributed by atoms with Gasteiger partial charge in [-0.1, -0.05) is 13.0 Å². The Labute approximate surface area is 193 Å². The summed E-state index contributed by atoms with van der Waals surface area (Å²) in [7, 11) is -0.760. The van der Waals surface area contributed by atoms with E-state index >= 15 is 0 Å². The van der Waals surface area contributed by atoms with E-state index in [4.69, 9.17) is 18.9 Å². The van der Waals surface area contributed by atoms with Crippen molar-refractivity contribution in [3.63, 3.8) is 0 Å². The van der Waals surface area contributed by atoms with E-state index in [-0.39, 0.29) is 30.7 Å². The van der Waals surface area contributed by atoms with Gasteiger partial charge in [0.2, 0.25) is 22.7 Å². The quantitative estimate of drug-likeness (QED) is 0.655. The third-order valence-electron chi connectivity index (χ3n) is 6.26. The lowest BCUT2D eigenvalue weighted by Gasteiger charge is -2.37. The number of benzene rings is 2. The van der Waals surface area contributed by atoms with Crippen molar-refractivity contribution in [2.24, 2.45) is 5.41 Å². The van der Waals surface area contributed by atoms with Crippen molar-refractivity contribution in [3.05, 3.63) is 42.0 Å². The maximum atomic E-state index is 13.1. The SMILES string of the molecule is COc1ccc(S(=O)(=O)N2CCC(C)(C(=O)NCc3ccc4c(c3)OCO4)CC2)cc1OC. The number of nitrogens with zero attached hydrogens (tertiary/aromatic N) is 1. The molecule has 0 aromatic heterocycles. The number of piperidine rings is 1. The maximum absolute atomic E-state index is 13.1. The number of methoxy groups -OCH3 is 2. The van der Waals surface area contributed by atoms with E-state index in [0.29, 0.717) is 42.4 Å². The average Bonchev–Trinajstić information content (AvgIpc) is 3.30. The molecule has 9 nitrogen and oxygen atoms in total. The van der Waals surface area contributed by atoms with Crippen molar-refractivity contribution >= 4 is 15.9 Å². The minimum Gasteiger partial charge on any atom is -0.493 e. The molecule has 1 fully saturated rings. The van der Waals surface area contributed by atoms with Gasteiger partial charge < -0.3 is 24.3 Å². The number of hydrogen-bond acceptors (Lipinski definition) is 7. The fourth-order valence-electron chi connectivity index (χ4n) is 4.02. The Hall–Kier alpha value is -2.98. The van der Waals surface area contributed by atoms with E-state index in [0.717, 1.165) is 5.56 Å². The number of rotatable bonds is 7. The number of fused-ring (bicyclic) bond motifs is 1. The molecular weight excluding hydrogens is 448 g/mol. The van der Waals surface area contributed by atoms with Gasteiger partial charge in [0.1, 0.15) is 0 Å². The Morgan fingerprint density at radius 1 is 1.03 bits per heavy atom. The van der Waals surface area contributed by atoms with Gasteiger partial charge in [0.25, 0.3) is 0 Å². The van der Waals surface area contributed by atoms with Crippen LogP contribution >= 0.6 is 0 Å². The lowest BCUT2D eigenvalue weighted by atomic mass is 9.80. The average molecular weight is 477 g/mol. The Kier molecular flexibility index (Phi) is 6.40. The highest BCUT2D eigenvalue weighted by Gasteiger charge is 2.40. The van der Waals surface area contributed by atoms with E-state index in [9.17, 15) is 13.2 Å². The molecule has 2 aliphatic rings. The van der Waals surface area contributed by atoms with Crippen molar-refractivity contribution in [3.8, 4) is 23.0 Å². The van der Waals surface area contributed by atoms with Gasteiger partial charge in [-0.25, -0.2) is 8.42 Å². The van der Waals surface area contributed by atoms with E-state index in [1.165, 1.54) is 30.7 Å². The van der Waals surface area contributed by atoms with Crippen LogP contribution in [0.2, 0.25) is 0 Å².